The second-order valence-corrected chi connectivity index (χ2v) is 7.94. The predicted octanol–water partition coefficient (Wildman–Crippen LogP) is 3.32. The number of anilines is 1. The summed E-state index contributed by atoms with van der Waals surface area (Å²) in [5.41, 5.74) is 1.14. The number of aromatic amines is 1. The van der Waals surface area contributed by atoms with Crippen molar-refractivity contribution < 1.29 is 14.3 Å². The van der Waals surface area contributed by atoms with E-state index in [-0.39, 0.29) is 17.2 Å². The molecule has 1 aromatic carbocycles. The number of para-hydroxylation sites is 1. The van der Waals surface area contributed by atoms with Crippen LogP contribution in [0.15, 0.2) is 40.3 Å². The van der Waals surface area contributed by atoms with Crippen molar-refractivity contribution in [2.45, 2.75) is 31.2 Å². The highest BCUT2D eigenvalue weighted by Crippen LogP contribution is 2.18. The second kappa shape index (κ2) is 11.6. The summed E-state index contributed by atoms with van der Waals surface area (Å²) in [4.78, 5) is 43.2. The average Bonchev–Trinajstić information content (AvgIpc) is 2.69. The van der Waals surface area contributed by atoms with Gasteiger partial charge in [-0.3, -0.25) is 9.59 Å². The molecule has 9 heteroatoms. The number of ether oxygens (including phenoxy) is 1. The largest absolute Gasteiger partial charge is 0.462 e. The van der Waals surface area contributed by atoms with Crippen LogP contribution in [0.25, 0.3) is 0 Å². The van der Waals surface area contributed by atoms with E-state index in [4.69, 9.17) is 4.74 Å². The van der Waals surface area contributed by atoms with Gasteiger partial charge in [-0.1, -0.05) is 37.7 Å². The number of nitrogens with one attached hydrogen (secondary N) is 2. The van der Waals surface area contributed by atoms with E-state index in [9.17, 15) is 14.4 Å². The third kappa shape index (κ3) is 7.05. The number of H-pyrrole nitrogens is 1. The molecule has 0 saturated heterocycles. The molecule has 0 radical (unpaired) electrons. The van der Waals surface area contributed by atoms with Crippen LogP contribution in [0.5, 0.6) is 0 Å². The highest BCUT2D eigenvalue weighted by molar-refractivity contribution is 7.99. The Kier molecular flexibility index (Phi) is 9.09. The van der Waals surface area contributed by atoms with Gasteiger partial charge in [0.05, 0.1) is 29.3 Å². The Hall–Kier alpha value is -2.26. The van der Waals surface area contributed by atoms with E-state index >= 15 is 0 Å². The Morgan fingerprint density at radius 1 is 1.25 bits per heavy atom. The standard InChI is InChI=1S/C19H23N3O4S2/c1-3-9-26-18(25)14-7-5-6-8-15(14)21-17(24)12-28-19-20-13(11-27-4-2)10-16(23)22-19/h5-8,10H,3-4,9,11-12H2,1-2H3,(H,21,24)(H,20,22,23). The fourth-order valence-electron chi connectivity index (χ4n) is 2.20. The molecule has 0 aliphatic rings. The Bertz CT molecular complexity index is 870. The van der Waals surface area contributed by atoms with Crippen LogP contribution in [0, 0.1) is 0 Å². The lowest BCUT2D eigenvalue weighted by Crippen LogP contribution is -2.18. The maximum absolute atomic E-state index is 12.3. The number of rotatable bonds is 10. The van der Waals surface area contributed by atoms with Crippen molar-refractivity contribution in [2.75, 3.05) is 23.4 Å². The van der Waals surface area contributed by atoms with Crippen LogP contribution >= 0.6 is 23.5 Å². The zero-order chi connectivity index (χ0) is 20.4. The average molecular weight is 422 g/mol. The van der Waals surface area contributed by atoms with Gasteiger partial charge in [-0.2, -0.15) is 11.8 Å². The minimum atomic E-state index is -0.475. The van der Waals surface area contributed by atoms with Crippen molar-refractivity contribution in [3.63, 3.8) is 0 Å². The summed E-state index contributed by atoms with van der Waals surface area (Å²) < 4.78 is 5.14. The van der Waals surface area contributed by atoms with E-state index in [0.29, 0.717) is 34.5 Å². The van der Waals surface area contributed by atoms with Crippen LogP contribution in [0.3, 0.4) is 0 Å². The summed E-state index contributed by atoms with van der Waals surface area (Å²) in [7, 11) is 0. The molecule has 150 valence electrons. The van der Waals surface area contributed by atoms with Gasteiger partial charge in [0.15, 0.2) is 5.16 Å². The van der Waals surface area contributed by atoms with Gasteiger partial charge in [0.25, 0.3) is 5.56 Å². The van der Waals surface area contributed by atoms with Gasteiger partial charge in [-0.15, -0.1) is 0 Å². The van der Waals surface area contributed by atoms with Gasteiger partial charge in [-0.25, -0.2) is 9.78 Å². The van der Waals surface area contributed by atoms with Crippen molar-refractivity contribution in [2.24, 2.45) is 0 Å². The fourth-order valence-corrected chi connectivity index (χ4v) is 3.45. The zero-order valence-corrected chi connectivity index (χ0v) is 17.5. The van der Waals surface area contributed by atoms with E-state index in [1.165, 1.54) is 6.07 Å². The minimum Gasteiger partial charge on any atom is -0.462 e. The number of hydrogen-bond donors (Lipinski definition) is 2. The first-order valence-corrected chi connectivity index (χ1v) is 11.0. The van der Waals surface area contributed by atoms with Crippen LogP contribution < -0.4 is 10.9 Å². The third-order valence-corrected chi connectivity index (χ3v) is 5.21. The van der Waals surface area contributed by atoms with E-state index in [1.807, 2.05) is 13.8 Å². The molecule has 0 aliphatic heterocycles. The molecule has 2 aromatic rings. The van der Waals surface area contributed by atoms with Crippen molar-refractivity contribution in [3.8, 4) is 0 Å². The normalized spacial score (nSPS) is 10.5. The number of carbonyl (C=O) groups excluding carboxylic acids is 2. The molecule has 1 aromatic heterocycles. The molecule has 1 amide bonds. The second-order valence-electron chi connectivity index (χ2n) is 5.70. The smallest absolute Gasteiger partial charge is 0.340 e. The van der Waals surface area contributed by atoms with Gasteiger partial charge in [0.1, 0.15) is 0 Å². The Morgan fingerprint density at radius 2 is 2.04 bits per heavy atom. The zero-order valence-electron chi connectivity index (χ0n) is 15.8. The molecule has 0 unspecified atom stereocenters. The van der Waals surface area contributed by atoms with Crippen LogP contribution in [0.2, 0.25) is 0 Å². The third-order valence-electron chi connectivity index (χ3n) is 3.43. The number of thioether (sulfide) groups is 2. The van der Waals surface area contributed by atoms with Crippen LogP contribution in [0.4, 0.5) is 5.69 Å². The van der Waals surface area contributed by atoms with Gasteiger partial charge in [-0.05, 0) is 24.3 Å². The first-order valence-electron chi connectivity index (χ1n) is 8.90. The van der Waals surface area contributed by atoms with E-state index in [2.05, 4.69) is 15.3 Å². The summed E-state index contributed by atoms with van der Waals surface area (Å²) >= 11 is 2.80. The lowest BCUT2D eigenvalue weighted by Gasteiger charge is -2.10. The van der Waals surface area contributed by atoms with Crippen molar-refractivity contribution in [1.82, 2.24) is 9.97 Å². The van der Waals surface area contributed by atoms with Gasteiger partial charge in [0, 0.05) is 11.8 Å². The van der Waals surface area contributed by atoms with E-state index in [0.717, 1.165) is 23.9 Å². The van der Waals surface area contributed by atoms with Crippen molar-refractivity contribution in [3.05, 3.63) is 51.9 Å². The number of aromatic nitrogens is 2. The van der Waals surface area contributed by atoms with Crippen LogP contribution in [-0.4, -0.2) is 40.0 Å². The first kappa shape index (κ1) is 22.0. The Morgan fingerprint density at radius 3 is 2.79 bits per heavy atom. The lowest BCUT2D eigenvalue weighted by atomic mass is 10.2. The first-order chi connectivity index (χ1) is 13.5. The number of hydrogen-bond acceptors (Lipinski definition) is 7. The number of nitrogens with zero attached hydrogens (tertiary/aromatic N) is 1. The molecule has 7 nitrogen and oxygen atoms in total. The number of esters is 1. The minimum absolute atomic E-state index is 0.0473. The summed E-state index contributed by atoms with van der Waals surface area (Å²) in [6, 6.07) is 8.15. The Labute approximate surface area is 172 Å². The maximum Gasteiger partial charge on any atom is 0.340 e. The molecule has 0 saturated carbocycles. The summed E-state index contributed by atoms with van der Waals surface area (Å²) in [6.45, 7) is 4.27. The quantitative estimate of drug-likeness (QED) is 0.345. The number of carbonyl (C=O) groups is 2. The predicted molar refractivity (Wildman–Crippen MR) is 113 cm³/mol. The molecule has 2 rings (SSSR count). The molecule has 0 fully saturated rings. The molecule has 0 aliphatic carbocycles. The number of amides is 1. The molecular weight excluding hydrogens is 398 g/mol. The van der Waals surface area contributed by atoms with Gasteiger partial charge >= 0.3 is 5.97 Å². The van der Waals surface area contributed by atoms with E-state index < -0.39 is 5.97 Å². The lowest BCUT2D eigenvalue weighted by molar-refractivity contribution is -0.113. The van der Waals surface area contributed by atoms with E-state index in [1.54, 1.807) is 36.0 Å². The van der Waals surface area contributed by atoms with Crippen molar-refractivity contribution in [1.29, 1.82) is 0 Å². The van der Waals surface area contributed by atoms with Crippen molar-refractivity contribution >= 4 is 41.1 Å². The van der Waals surface area contributed by atoms with Gasteiger partial charge < -0.3 is 15.0 Å². The summed E-state index contributed by atoms with van der Waals surface area (Å²) in [5, 5.41) is 3.11. The number of benzene rings is 1. The molecule has 0 atom stereocenters. The SMILES string of the molecule is CCCOC(=O)c1ccccc1NC(=O)CSc1nc(CSCC)cc(=O)[nH]1. The maximum atomic E-state index is 12.3. The van der Waals surface area contributed by atoms with Crippen LogP contribution in [-0.2, 0) is 15.3 Å². The van der Waals surface area contributed by atoms with Crippen LogP contribution in [0.1, 0.15) is 36.3 Å². The molecule has 2 N–H and O–H groups in total. The molecule has 0 spiro atoms. The van der Waals surface area contributed by atoms with Gasteiger partial charge in [0.2, 0.25) is 5.91 Å². The summed E-state index contributed by atoms with van der Waals surface area (Å²) in [5.74, 6) is 0.840. The Balaban J connectivity index is 1.99. The summed E-state index contributed by atoms with van der Waals surface area (Å²) in [6.07, 6.45) is 0.720. The molecule has 28 heavy (non-hydrogen) atoms. The molecular formula is C19H23N3O4S2. The highest BCUT2D eigenvalue weighted by atomic mass is 32.2. The highest BCUT2D eigenvalue weighted by Gasteiger charge is 2.14. The topological polar surface area (TPSA) is 101 Å². The molecule has 0 bridgehead atoms. The monoisotopic (exact) mass is 421 g/mol. The molecule has 1 heterocycles. The fraction of sp³-hybridized carbons (Fsp3) is 0.368.